The molecule has 0 radical (unpaired) electrons. The standard InChI is InChI=1S/C12H16Cl2N4/c1-7-9(18-5-4-16-12(18)15)6-8(13)10(14)11(7)17(2)3/h6H,4-5H2,1-3H3,(H2,15,16). The molecule has 0 bridgehead atoms. The first-order chi connectivity index (χ1) is 8.43. The summed E-state index contributed by atoms with van der Waals surface area (Å²) in [6.07, 6.45) is 0. The number of guanidine groups is 1. The molecule has 6 heteroatoms. The molecule has 1 aromatic carbocycles. The maximum atomic E-state index is 6.25. The Labute approximate surface area is 117 Å². The monoisotopic (exact) mass is 286 g/mol. The third-order valence-electron chi connectivity index (χ3n) is 3.03. The fourth-order valence-electron chi connectivity index (χ4n) is 2.21. The van der Waals surface area contributed by atoms with Crippen molar-refractivity contribution in [1.82, 2.24) is 0 Å². The van der Waals surface area contributed by atoms with Crippen LogP contribution >= 0.6 is 23.2 Å². The average Bonchev–Trinajstić information content (AvgIpc) is 2.70. The molecule has 1 aliphatic heterocycles. The van der Waals surface area contributed by atoms with Crippen molar-refractivity contribution in [3.05, 3.63) is 21.7 Å². The minimum atomic E-state index is 0.528. The summed E-state index contributed by atoms with van der Waals surface area (Å²) in [5.74, 6) is 0.529. The highest BCUT2D eigenvalue weighted by Crippen LogP contribution is 2.40. The lowest BCUT2D eigenvalue weighted by Gasteiger charge is -2.26. The van der Waals surface area contributed by atoms with Crippen LogP contribution in [0.25, 0.3) is 0 Å². The molecule has 2 N–H and O–H groups in total. The highest BCUT2D eigenvalue weighted by Gasteiger charge is 2.22. The van der Waals surface area contributed by atoms with Crippen LogP contribution in [0, 0.1) is 6.92 Å². The van der Waals surface area contributed by atoms with Gasteiger partial charge in [-0.3, -0.25) is 4.99 Å². The van der Waals surface area contributed by atoms with E-state index >= 15 is 0 Å². The lowest BCUT2D eigenvalue weighted by Crippen LogP contribution is -2.34. The first-order valence-electron chi connectivity index (χ1n) is 5.67. The van der Waals surface area contributed by atoms with Crippen LogP contribution in [0.2, 0.25) is 10.0 Å². The summed E-state index contributed by atoms with van der Waals surface area (Å²) in [6, 6.07) is 1.85. The maximum Gasteiger partial charge on any atom is 0.195 e. The summed E-state index contributed by atoms with van der Waals surface area (Å²) >= 11 is 12.5. The SMILES string of the molecule is Cc1c(N2CCN=C2N)cc(Cl)c(Cl)c1N(C)C. The Bertz CT molecular complexity index is 511. The van der Waals surface area contributed by atoms with Crippen LogP contribution in [0.4, 0.5) is 11.4 Å². The summed E-state index contributed by atoms with van der Waals surface area (Å²) in [5.41, 5.74) is 8.81. The second kappa shape index (κ2) is 4.86. The minimum absolute atomic E-state index is 0.528. The molecule has 0 fully saturated rings. The molecule has 0 saturated heterocycles. The number of benzene rings is 1. The topological polar surface area (TPSA) is 44.9 Å². The van der Waals surface area contributed by atoms with E-state index in [1.807, 2.05) is 36.9 Å². The van der Waals surface area contributed by atoms with Crippen LogP contribution in [0.15, 0.2) is 11.1 Å². The zero-order chi connectivity index (χ0) is 13.4. The van der Waals surface area contributed by atoms with Gasteiger partial charge in [-0.1, -0.05) is 23.2 Å². The van der Waals surface area contributed by atoms with Crippen LogP contribution in [0.3, 0.4) is 0 Å². The van der Waals surface area contributed by atoms with Crippen molar-refractivity contribution in [3.63, 3.8) is 0 Å². The molecule has 0 saturated carbocycles. The third kappa shape index (κ3) is 2.10. The molecule has 0 aliphatic carbocycles. The predicted molar refractivity (Wildman–Crippen MR) is 79.4 cm³/mol. The number of aliphatic imine (C=N–C) groups is 1. The van der Waals surface area contributed by atoms with E-state index in [0.717, 1.165) is 23.5 Å². The van der Waals surface area contributed by atoms with Gasteiger partial charge in [0.15, 0.2) is 5.96 Å². The molecule has 18 heavy (non-hydrogen) atoms. The minimum Gasteiger partial charge on any atom is -0.376 e. The van der Waals surface area contributed by atoms with Gasteiger partial charge in [0.05, 0.1) is 28.0 Å². The highest BCUT2D eigenvalue weighted by molar-refractivity contribution is 6.44. The van der Waals surface area contributed by atoms with Gasteiger partial charge >= 0.3 is 0 Å². The van der Waals surface area contributed by atoms with Crippen LogP contribution in [0.5, 0.6) is 0 Å². The number of hydrogen-bond acceptors (Lipinski definition) is 4. The van der Waals surface area contributed by atoms with E-state index in [1.54, 1.807) is 0 Å². The van der Waals surface area contributed by atoms with Crippen molar-refractivity contribution in [2.24, 2.45) is 10.7 Å². The third-order valence-corrected chi connectivity index (χ3v) is 3.81. The van der Waals surface area contributed by atoms with Crippen molar-refractivity contribution in [2.45, 2.75) is 6.92 Å². The molecular formula is C12H16Cl2N4. The van der Waals surface area contributed by atoms with Gasteiger partial charge in [-0.2, -0.15) is 0 Å². The molecule has 1 heterocycles. The van der Waals surface area contributed by atoms with Gasteiger partial charge in [-0.25, -0.2) is 0 Å². The van der Waals surface area contributed by atoms with Crippen molar-refractivity contribution in [1.29, 1.82) is 0 Å². The second-order valence-corrected chi connectivity index (χ2v) is 5.24. The molecule has 0 unspecified atom stereocenters. The predicted octanol–water partition coefficient (Wildman–Crippen LogP) is 2.50. The Kier molecular flexibility index (Phi) is 3.59. The molecular weight excluding hydrogens is 271 g/mol. The van der Waals surface area contributed by atoms with Crippen molar-refractivity contribution in [3.8, 4) is 0 Å². The zero-order valence-corrected chi connectivity index (χ0v) is 12.2. The van der Waals surface area contributed by atoms with Gasteiger partial charge in [-0.05, 0) is 18.6 Å². The number of anilines is 2. The Morgan fingerprint density at radius 2 is 2.06 bits per heavy atom. The van der Waals surface area contributed by atoms with Gasteiger partial charge in [0.2, 0.25) is 0 Å². The van der Waals surface area contributed by atoms with E-state index in [2.05, 4.69) is 4.99 Å². The Balaban J connectivity index is 2.59. The molecule has 0 amide bonds. The Morgan fingerprint density at radius 1 is 1.39 bits per heavy atom. The Morgan fingerprint density at radius 3 is 2.56 bits per heavy atom. The first kappa shape index (κ1) is 13.3. The molecule has 1 aromatic rings. The van der Waals surface area contributed by atoms with Gasteiger partial charge in [0, 0.05) is 20.6 Å². The van der Waals surface area contributed by atoms with Crippen molar-refractivity contribution < 1.29 is 0 Å². The normalized spacial score (nSPS) is 14.9. The fraction of sp³-hybridized carbons (Fsp3) is 0.417. The van der Waals surface area contributed by atoms with Gasteiger partial charge in [0.1, 0.15) is 0 Å². The summed E-state index contributed by atoms with van der Waals surface area (Å²) in [7, 11) is 3.88. The van der Waals surface area contributed by atoms with Crippen LogP contribution in [0.1, 0.15) is 5.56 Å². The molecule has 0 atom stereocenters. The van der Waals surface area contributed by atoms with Crippen LogP contribution in [-0.2, 0) is 0 Å². The summed E-state index contributed by atoms with van der Waals surface area (Å²) in [6.45, 7) is 3.50. The molecule has 1 aliphatic rings. The molecule has 4 nitrogen and oxygen atoms in total. The van der Waals surface area contributed by atoms with E-state index in [1.165, 1.54) is 0 Å². The van der Waals surface area contributed by atoms with Gasteiger partial charge in [0.25, 0.3) is 0 Å². The highest BCUT2D eigenvalue weighted by atomic mass is 35.5. The van der Waals surface area contributed by atoms with Crippen molar-refractivity contribution in [2.75, 3.05) is 37.0 Å². The summed E-state index contributed by atoms with van der Waals surface area (Å²) in [4.78, 5) is 8.11. The number of nitrogens with two attached hydrogens (primary N) is 1. The maximum absolute atomic E-state index is 6.25. The summed E-state index contributed by atoms with van der Waals surface area (Å²) in [5, 5.41) is 1.10. The largest absolute Gasteiger partial charge is 0.376 e. The van der Waals surface area contributed by atoms with Crippen molar-refractivity contribution >= 4 is 40.5 Å². The Hall–Kier alpha value is -1.13. The average molecular weight is 287 g/mol. The lowest BCUT2D eigenvalue weighted by atomic mass is 10.1. The van der Waals surface area contributed by atoms with Crippen LogP contribution in [-0.4, -0.2) is 33.1 Å². The molecule has 0 aromatic heterocycles. The van der Waals surface area contributed by atoms with Gasteiger partial charge in [-0.15, -0.1) is 0 Å². The summed E-state index contributed by atoms with van der Waals surface area (Å²) < 4.78 is 0. The molecule has 0 spiro atoms. The first-order valence-corrected chi connectivity index (χ1v) is 6.42. The zero-order valence-electron chi connectivity index (χ0n) is 10.7. The smallest absolute Gasteiger partial charge is 0.195 e. The lowest BCUT2D eigenvalue weighted by molar-refractivity contribution is 1.01. The molecule has 2 rings (SSSR count). The number of rotatable bonds is 2. The molecule has 98 valence electrons. The second-order valence-electron chi connectivity index (χ2n) is 4.45. The van der Waals surface area contributed by atoms with E-state index < -0.39 is 0 Å². The van der Waals surface area contributed by atoms with E-state index in [9.17, 15) is 0 Å². The van der Waals surface area contributed by atoms with E-state index in [4.69, 9.17) is 28.9 Å². The number of halogens is 2. The quantitative estimate of drug-likeness (QED) is 0.909. The van der Waals surface area contributed by atoms with E-state index in [0.29, 0.717) is 22.5 Å². The van der Waals surface area contributed by atoms with E-state index in [-0.39, 0.29) is 0 Å². The number of hydrogen-bond donors (Lipinski definition) is 1. The fourth-order valence-corrected chi connectivity index (χ4v) is 2.77. The van der Waals surface area contributed by atoms with Crippen LogP contribution < -0.4 is 15.5 Å². The number of nitrogens with zero attached hydrogens (tertiary/aromatic N) is 3. The van der Waals surface area contributed by atoms with Gasteiger partial charge < -0.3 is 15.5 Å².